The minimum absolute atomic E-state index is 0.203. The first-order chi connectivity index (χ1) is 13.6. The zero-order chi connectivity index (χ0) is 21.2. The van der Waals surface area contributed by atoms with Crippen molar-refractivity contribution >= 4 is 17.7 Å². The molecule has 7 heteroatoms. The Hall–Kier alpha value is -2.47. The van der Waals surface area contributed by atoms with Crippen molar-refractivity contribution < 1.29 is 19.4 Å². The van der Waals surface area contributed by atoms with Crippen LogP contribution >= 0.6 is 11.6 Å². The molecular formula is C22H27ClN2O4. The molecular weight excluding hydrogens is 392 g/mol. The van der Waals surface area contributed by atoms with Crippen molar-refractivity contribution in [1.29, 1.82) is 0 Å². The van der Waals surface area contributed by atoms with Gasteiger partial charge in [0.15, 0.2) is 0 Å². The monoisotopic (exact) mass is 418 g/mol. The lowest BCUT2D eigenvalue weighted by Crippen LogP contribution is -2.51. The third kappa shape index (κ3) is 4.93. The molecule has 0 spiro atoms. The minimum atomic E-state index is -1.01. The summed E-state index contributed by atoms with van der Waals surface area (Å²) in [7, 11) is 1.62. The molecule has 1 aromatic carbocycles. The predicted octanol–water partition coefficient (Wildman–Crippen LogP) is 5.25. The standard InChI is InChI=1S/C22H27ClN2O4/c1-21(2,3)19(25-20(26)27)22(8-9-22)13-29-16-11-17(18(23)24-12-16)14-6-5-7-15(10-14)28-4/h5-7,10-12,19,25H,8-9,13H2,1-4H3,(H,26,27). The fraction of sp³-hybridized carbons (Fsp3) is 0.455. The summed E-state index contributed by atoms with van der Waals surface area (Å²) < 4.78 is 11.4. The highest BCUT2D eigenvalue weighted by Gasteiger charge is 2.54. The Balaban J connectivity index is 1.80. The van der Waals surface area contributed by atoms with Crippen LogP contribution in [0.25, 0.3) is 11.1 Å². The lowest BCUT2D eigenvalue weighted by Gasteiger charge is -2.37. The molecule has 1 unspecified atom stereocenters. The fourth-order valence-electron chi connectivity index (χ4n) is 3.82. The first kappa shape index (κ1) is 21.2. The number of aromatic nitrogens is 1. The van der Waals surface area contributed by atoms with Crippen molar-refractivity contribution in [2.75, 3.05) is 13.7 Å². The molecule has 2 N–H and O–H groups in total. The Morgan fingerprint density at radius 1 is 1.31 bits per heavy atom. The van der Waals surface area contributed by atoms with Gasteiger partial charge in [-0.15, -0.1) is 0 Å². The van der Waals surface area contributed by atoms with E-state index >= 15 is 0 Å². The van der Waals surface area contributed by atoms with Crippen molar-refractivity contribution in [3.8, 4) is 22.6 Å². The molecule has 6 nitrogen and oxygen atoms in total. The van der Waals surface area contributed by atoms with Crippen LogP contribution < -0.4 is 14.8 Å². The minimum Gasteiger partial charge on any atom is -0.497 e. The number of methoxy groups -OCH3 is 1. The molecule has 2 aromatic rings. The molecule has 1 atom stereocenters. The molecule has 0 radical (unpaired) electrons. The highest BCUT2D eigenvalue weighted by atomic mass is 35.5. The number of rotatable bonds is 7. The van der Waals surface area contributed by atoms with E-state index in [2.05, 4.69) is 10.3 Å². The van der Waals surface area contributed by atoms with Gasteiger partial charge in [-0.1, -0.05) is 44.5 Å². The maximum atomic E-state index is 11.3. The van der Waals surface area contributed by atoms with E-state index in [1.165, 1.54) is 0 Å². The number of nitrogens with zero attached hydrogens (tertiary/aromatic N) is 1. The number of benzene rings is 1. The van der Waals surface area contributed by atoms with E-state index < -0.39 is 6.09 Å². The smallest absolute Gasteiger partial charge is 0.404 e. The number of carboxylic acid groups (broad SMARTS) is 1. The van der Waals surface area contributed by atoms with E-state index in [1.807, 2.05) is 51.1 Å². The summed E-state index contributed by atoms with van der Waals surface area (Å²) in [4.78, 5) is 15.6. The summed E-state index contributed by atoms with van der Waals surface area (Å²) in [5.41, 5.74) is 1.20. The SMILES string of the molecule is COc1cccc(-c2cc(OCC3(C(NC(=O)O)C(C)(C)C)CC3)cnc2Cl)c1. The average Bonchev–Trinajstić information content (AvgIpc) is 3.45. The quantitative estimate of drug-likeness (QED) is 0.600. The van der Waals surface area contributed by atoms with Gasteiger partial charge in [0.2, 0.25) is 0 Å². The summed E-state index contributed by atoms with van der Waals surface area (Å²) in [5, 5.41) is 12.4. The number of pyridine rings is 1. The van der Waals surface area contributed by atoms with Crippen LogP contribution in [-0.2, 0) is 0 Å². The van der Waals surface area contributed by atoms with Gasteiger partial charge in [-0.2, -0.15) is 0 Å². The van der Waals surface area contributed by atoms with Crippen molar-refractivity contribution in [2.24, 2.45) is 10.8 Å². The largest absolute Gasteiger partial charge is 0.497 e. The van der Waals surface area contributed by atoms with Gasteiger partial charge in [0, 0.05) is 17.0 Å². The number of nitrogens with one attached hydrogen (secondary N) is 1. The Kier molecular flexibility index (Phi) is 5.94. The Labute approximate surface area is 176 Å². The van der Waals surface area contributed by atoms with Gasteiger partial charge in [0.1, 0.15) is 16.7 Å². The molecule has 1 heterocycles. The first-order valence-corrected chi connectivity index (χ1v) is 9.95. The zero-order valence-corrected chi connectivity index (χ0v) is 17.9. The third-order valence-electron chi connectivity index (χ3n) is 5.36. The van der Waals surface area contributed by atoms with Crippen molar-refractivity contribution in [3.63, 3.8) is 0 Å². The van der Waals surface area contributed by atoms with E-state index in [1.54, 1.807) is 13.3 Å². The van der Waals surface area contributed by atoms with Gasteiger partial charge >= 0.3 is 6.09 Å². The molecule has 1 aliphatic rings. The maximum Gasteiger partial charge on any atom is 0.404 e. The number of amides is 1. The summed E-state index contributed by atoms with van der Waals surface area (Å²) in [5.74, 6) is 1.33. The van der Waals surface area contributed by atoms with Crippen LogP contribution in [0.5, 0.6) is 11.5 Å². The highest BCUT2D eigenvalue weighted by Crippen LogP contribution is 2.53. The van der Waals surface area contributed by atoms with Gasteiger partial charge in [0.25, 0.3) is 0 Å². The van der Waals surface area contributed by atoms with Crippen molar-refractivity contribution in [3.05, 3.63) is 41.7 Å². The molecule has 0 bridgehead atoms. The van der Waals surface area contributed by atoms with Crippen molar-refractivity contribution in [1.82, 2.24) is 10.3 Å². The van der Waals surface area contributed by atoms with Crippen LogP contribution in [0.1, 0.15) is 33.6 Å². The first-order valence-electron chi connectivity index (χ1n) is 9.57. The second-order valence-corrected chi connectivity index (χ2v) is 9.00. The molecule has 1 amide bonds. The van der Waals surface area contributed by atoms with Crippen LogP contribution in [0, 0.1) is 10.8 Å². The van der Waals surface area contributed by atoms with Crippen molar-refractivity contribution in [2.45, 2.75) is 39.7 Å². The number of carbonyl (C=O) groups is 1. The molecule has 3 rings (SSSR count). The van der Waals surface area contributed by atoms with Gasteiger partial charge < -0.3 is 19.9 Å². The van der Waals surface area contributed by atoms with Gasteiger partial charge in [0.05, 0.1) is 19.9 Å². The summed E-state index contributed by atoms with van der Waals surface area (Å²) in [6, 6.07) is 9.24. The van der Waals surface area contributed by atoms with Crippen LogP contribution in [0.15, 0.2) is 36.5 Å². The fourth-order valence-corrected chi connectivity index (χ4v) is 4.03. The van der Waals surface area contributed by atoms with Gasteiger partial charge in [-0.05, 0) is 42.0 Å². The number of hydrogen-bond donors (Lipinski definition) is 2. The molecule has 1 saturated carbocycles. The molecule has 156 valence electrons. The van der Waals surface area contributed by atoms with Gasteiger partial charge in [-0.3, -0.25) is 0 Å². The second kappa shape index (κ2) is 8.11. The topological polar surface area (TPSA) is 80.7 Å². The van der Waals surface area contributed by atoms with Gasteiger partial charge in [-0.25, -0.2) is 9.78 Å². The van der Waals surface area contributed by atoms with Crippen LogP contribution in [0.2, 0.25) is 5.15 Å². The third-order valence-corrected chi connectivity index (χ3v) is 5.66. The Bertz CT molecular complexity index is 891. The normalized spacial score (nSPS) is 16.0. The highest BCUT2D eigenvalue weighted by molar-refractivity contribution is 6.32. The molecule has 1 aliphatic carbocycles. The van der Waals surface area contributed by atoms with Crippen LogP contribution in [0.4, 0.5) is 4.79 Å². The van der Waals surface area contributed by atoms with E-state index in [0.717, 1.165) is 29.7 Å². The Morgan fingerprint density at radius 2 is 2.03 bits per heavy atom. The average molecular weight is 419 g/mol. The second-order valence-electron chi connectivity index (χ2n) is 8.64. The number of hydrogen-bond acceptors (Lipinski definition) is 4. The van der Waals surface area contributed by atoms with E-state index in [-0.39, 0.29) is 16.9 Å². The van der Waals surface area contributed by atoms with Crippen LogP contribution in [0.3, 0.4) is 0 Å². The Morgan fingerprint density at radius 3 is 2.62 bits per heavy atom. The van der Waals surface area contributed by atoms with E-state index in [4.69, 9.17) is 21.1 Å². The van der Waals surface area contributed by atoms with Crippen LogP contribution in [-0.4, -0.2) is 35.9 Å². The molecule has 0 saturated heterocycles. The molecule has 29 heavy (non-hydrogen) atoms. The van der Waals surface area contributed by atoms with E-state index in [9.17, 15) is 9.90 Å². The maximum absolute atomic E-state index is 11.3. The molecule has 1 fully saturated rings. The molecule has 1 aromatic heterocycles. The summed E-state index contributed by atoms with van der Waals surface area (Å²) in [6.07, 6.45) is 2.42. The number of halogens is 1. The lowest BCUT2D eigenvalue weighted by molar-refractivity contribution is 0.111. The van der Waals surface area contributed by atoms with E-state index in [0.29, 0.717) is 17.5 Å². The molecule has 0 aliphatic heterocycles. The number of ether oxygens (including phenoxy) is 2. The summed E-state index contributed by atoms with van der Waals surface area (Å²) >= 11 is 6.31. The zero-order valence-electron chi connectivity index (χ0n) is 17.2. The summed E-state index contributed by atoms with van der Waals surface area (Å²) in [6.45, 7) is 6.53. The predicted molar refractivity (Wildman–Crippen MR) is 113 cm³/mol. The lowest BCUT2D eigenvalue weighted by atomic mass is 9.77.